The molecule has 0 saturated carbocycles. The minimum absolute atomic E-state index is 0.103. The van der Waals surface area contributed by atoms with E-state index in [9.17, 15) is 0 Å². The molecule has 0 aromatic heterocycles. The highest BCUT2D eigenvalue weighted by atomic mass is 14.7. The number of nitrogens with two attached hydrogens (primary N) is 1. The molecular formula is C6H6N2. The van der Waals surface area contributed by atoms with E-state index >= 15 is 0 Å². The molecule has 0 radical (unpaired) electrons. The molecule has 0 bridgehead atoms. The Labute approximate surface area is 47.5 Å². The van der Waals surface area contributed by atoms with Crippen LogP contribution in [-0.2, 0) is 0 Å². The van der Waals surface area contributed by atoms with Crippen LogP contribution in [0.4, 0.5) is 0 Å². The molecule has 0 spiro atoms. The van der Waals surface area contributed by atoms with Crippen LogP contribution < -0.4 is 5.73 Å². The van der Waals surface area contributed by atoms with E-state index in [0.29, 0.717) is 0 Å². The molecular weight excluding hydrogens is 100 g/mol. The van der Waals surface area contributed by atoms with Crippen LogP contribution in [-0.4, -0.2) is 5.84 Å². The van der Waals surface area contributed by atoms with E-state index < -0.39 is 0 Å². The minimum atomic E-state index is 0.103. The molecule has 0 heterocycles. The summed E-state index contributed by atoms with van der Waals surface area (Å²) in [5.41, 5.74) is 8.65. The molecule has 0 atom stereocenters. The van der Waals surface area contributed by atoms with Crippen molar-refractivity contribution in [3.05, 3.63) is 29.5 Å². The maximum Gasteiger partial charge on any atom is 0.123 e. The molecule has 0 aliphatic heterocycles. The molecule has 0 saturated heterocycles. The van der Waals surface area contributed by atoms with E-state index in [4.69, 9.17) is 11.1 Å². The standard InChI is InChI=1S/C6H6N2/c7-6(8)5-3-1-2-4-5/h1,3-4H,(H3,7,8). The SMILES string of the molecule is N=C(N)C1=CC=C=C1. The van der Waals surface area contributed by atoms with Crippen molar-refractivity contribution >= 4 is 5.84 Å². The molecule has 2 heteroatoms. The summed E-state index contributed by atoms with van der Waals surface area (Å²) < 4.78 is 0. The van der Waals surface area contributed by atoms with Crippen LogP contribution in [0.25, 0.3) is 0 Å². The normalized spacial score (nSPS) is 14.2. The van der Waals surface area contributed by atoms with E-state index in [1.807, 2.05) is 0 Å². The average Bonchev–Trinajstić information content (AvgIpc) is 2.12. The molecule has 40 valence electrons. The van der Waals surface area contributed by atoms with Crippen molar-refractivity contribution in [2.45, 2.75) is 0 Å². The van der Waals surface area contributed by atoms with Crippen LogP contribution in [0.15, 0.2) is 29.5 Å². The summed E-state index contributed by atoms with van der Waals surface area (Å²) in [4.78, 5) is 0. The van der Waals surface area contributed by atoms with Crippen molar-refractivity contribution in [3.63, 3.8) is 0 Å². The highest BCUT2D eigenvalue weighted by Gasteiger charge is 1.94. The lowest BCUT2D eigenvalue weighted by atomic mass is 10.3. The van der Waals surface area contributed by atoms with Gasteiger partial charge in [-0.2, -0.15) is 0 Å². The monoisotopic (exact) mass is 106 g/mol. The molecule has 0 unspecified atom stereocenters. The highest BCUT2D eigenvalue weighted by Crippen LogP contribution is 1.99. The van der Waals surface area contributed by atoms with Gasteiger partial charge in [-0.25, -0.2) is 0 Å². The summed E-state index contributed by atoms with van der Waals surface area (Å²) in [6.07, 6.45) is 5.17. The van der Waals surface area contributed by atoms with E-state index in [1.54, 1.807) is 18.2 Å². The maximum atomic E-state index is 6.91. The number of nitrogens with one attached hydrogen (secondary N) is 1. The van der Waals surface area contributed by atoms with Crippen molar-refractivity contribution in [1.29, 1.82) is 5.41 Å². The summed E-state index contributed by atoms with van der Waals surface area (Å²) >= 11 is 0. The van der Waals surface area contributed by atoms with E-state index in [0.717, 1.165) is 5.57 Å². The molecule has 0 aromatic rings. The predicted octanol–water partition coefficient (Wildman–Crippen LogP) is 0.574. The number of amidine groups is 1. The number of hydrogen-bond donors (Lipinski definition) is 2. The van der Waals surface area contributed by atoms with Gasteiger partial charge in [0.25, 0.3) is 0 Å². The van der Waals surface area contributed by atoms with E-state index in [1.165, 1.54) is 0 Å². The Hall–Kier alpha value is -1.27. The minimum Gasteiger partial charge on any atom is -0.384 e. The van der Waals surface area contributed by atoms with Gasteiger partial charge in [0.05, 0.1) is 0 Å². The van der Waals surface area contributed by atoms with Crippen molar-refractivity contribution < 1.29 is 0 Å². The quantitative estimate of drug-likeness (QED) is 0.286. The lowest BCUT2D eigenvalue weighted by Gasteiger charge is -1.89. The topological polar surface area (TPSA) is 49.9 Å². The molecule has 2 nitrogen and oxygen atoms in total. The van der Waals surface area contributed by atoms with Crippen LogP contribution in [0, 0.1) is 5.41 Å². The van der Waals surface area contributed by atoms with Crippen molar-refractivity contribution in [2.24, 2.45) is 5.73 Å². The summed E-state index contributed by atoms with van der Waals surface area (Å²) in [5, 5.41) is 6.91. The fourth-order valence-corrected chi connectivity index (χ4v) is 0.491. The molecule has 1 aliphatic carbocycles. The van der Waals surface area contributed by atoms with Gasteiger partial charge in [-0.15, -0.1) is 5.73 Å². The third-order valence-electron chi connectivity index (χ3n) is 0.909. The maximum absolute atomic E-state index is 6.91. The van der Waals surface area contributed by atoms with Gasteiger partial charge >= 0.3 is 0 Å². The number of allylic oxidation sites excluding steroid dienone is 1. The smallest absolute Gasteiger partial charge is 0.123 e. The summed E-state index contributed by atoms with van der Waals surface area (Å²) in [7, 11) is 0. The largest absolute Gasteiger partial charge is 0.384 e. The Morgan fingerprint density at radius 1 is 1.75 bits per heavy atom. The van der Waals surface area contributed by atoms with Crippen molar-refractivity contribution in [2.75, 3.05) is 0 Å². The highest BCUT2D eigenvalue weighted by molar-refractivity contribution is 5.97. The molecule has 0 amide bonds. The summed E-state index contributed by atoms with van der Waals surface area (Å²) in [6, 6.07) is 0. The van der Waals surface area contributed by atoms with Crippen molar-refractivity contribution in [3.8, 4) is 0 Å². The van der Waals surface area contributed by atoms with Gasteiger partial charge < -0.3 is 5.73 Å². The molecule has 1 rings (SSSR count). The van der Waals surface area contributed by atoms with Crippen LogP contribution in [0.2, 0.25) is 0 Å². The van der Waals surface area contributed by atoms with Gasteiger partial charge in [-0.1, -0.05) is 0 Å². The lowest BCUT2D eigenvalue weighted by Crippen LogP contribution is -2.10. The second-order valence-corrected chi connectivity index (χ2v) is 1.51. The molecule has 8 heavy (non-hydrogen) atoms. The second kappa shape index (κ2) is 1.68. The molecule has 0 fully saturated rings. The van der Waals surface area contributed by atoms with Gasteiger partial charge in [0, 0.05) is 5.57 Å². The zero-order valence-corrected chi connectivity index (χ0v) is 4.31. The molecule has 1 aliphatic rings. The first-order chi connectivity index (χ1) is 3.80. The van der Waals surface area contributed by atoms with Gasteiger partial charge in [0.2, 0.25) is 0 Å². The number of hydrogen-bond acceptors (Lipinski definition) is 1. The van der Waals surface area contributed by atoms with Crippen LogP contribution in [0.3, 0.4) is 0 Å². The Morgan fingerprint density at radius 2 is 2.50 bits per heavy atom. The van der Waals surface area contributed by atoms with Crippen LogP contribution in [0.1, 0.15) is 0 Å². The third-order valence-corrected chi connectivity index (χ3v) is 0.909. The zero-order valence-electron chi connectivity index (χ0n) is 4.31. The van der Waals surface area contributed by atoms with E-state index in [2.05, 4.69) is 5.73 Å². The second-order valence-electron chi connectivity index (χ2n) is 1.51. The fraction of sp³-hybridized carbons (Fsp3) is 0. The average molecular weight is 106 g/mol. The first-order valence-corrected chi connectivity index (χ1v) is 2.28. The van der Waals surface area contributed by atoms with E-state index in [-0.39, 0.29) is 5.84 Å². The van der Waals surface area contributed by atoms with Crippen LogP contribution >= 0.6 is 0 Å². The third kappa shape index (κ3) is 0.695. The van der Waals surface area contributed by atoms with Crippen molar-refractivity contribution in [1.82, 2.24) is 0 Å². The van der Waals surface area contributed by atoms with Gasteiger partial charge in [0.15, 0.2) is 0 Å². The Bertz CT molecular complexity index is 205. The zero-order chi connectivity index (χ0) is 5.98. The number of rotatable bonds is 1. The molecule has 0 aromatic carbocycles. The fourth-order valence-electron chi connectivity index (χ4n) is 0.491. The Morgan fingerprint density at radius 3 is 2.75 bits per heavy atom. The molecule has 3 N–H and O–H groups in total. The Balaban J connectivity index is 2.80. The first kappa shape index (κ1) is 4.88. The van der Waals surface area contributed by atoms with Gasteiger partial charge in [0.1, 0.15) is 5.84 Å². The lowest BCUT2D eigenvalue weighted by molar-refractivity contribution is 1.44. The summed E-state index contributed by atoms with van der Waals surface area (Å²) in [5.74, 6) is 0.103. The Kier molecular flexibility index (Phi) is 1.03. The first-order valence-electron chi connectivity index (χ1n) is 2.28. The van der Waals surface area contributed by atoms with Crippen LogP contribution in [0.5, 0.6) is 0 Å². The summed E-state index contributed by atoms with van der Waals surface area (Å²) in [6.45, 7) is 0. The van der Waals surface area contributed by atoms with Gasteiger partial charge in [-0.05, 0) is 18.2 Å². The van der Waals surface area contributed by atoms with Gasteiger partial charge in [-0.3, -0.25) is 5.41 Å². The predicted molar refractivity (Wildman–Crippen MR) is 32.7 cm³/mol.